The van der Waals surface area contributed by atoms with Crippen LogP contribution in [0.3, 0.4) is 0 Å². The minimum atomic E-state index is 0.503. The fourth-order valence-corrected chi connectivity index (χ4v) is 1.18. The van der Waals surface area contributed by atoms with Gasteiger partial charge in [0.05, 0.1) is 0 Å². The summed E-state index contributed by atoms with van der Waals surface area (Å²) >= 11 is 0. The Labute approximate surface area is 60.9 Å². The molecule has 0 saturated heterocycles. The van der Waals surface area contributed by atoms with Crippen LogP contribution in [-0.2, 0) is 9.53 Å². The Kier molecular flexibility index (Phi) is 3.00. The predicted octanol–water partition coefficient (Wildman–Crippen LogP) is 1.66. The first kappa shape index (κ1) is 7.32. The highest BCUT2D eigenvalue weighted by atomic mass is 16.5. The minimum Gasteiger partial charge on any atom is -0.463 e. The van der Waals surface area contributed by atoms with Gasteiger partial charge in [0.2, 0.25) is 0 Å². The molecule has 0 spiro atoms. The standard InChI is InChI=1S/C8H12O2/c9-7-10-6-8-4-2-1-3-5-8/h4,7H,1-3,5-6H2. The molecule has 0 aromatic carbocycles. The second kappa shape index (κ2) is 4.09. The van der Waals surface area contributed by atoms with Crippen molar-refractivity contribution in [1.29, 1.82) is 0 Å². The van der Waals surface area contributed by atoms with Crippen molar-refractivity contribution < 1.29 is 9.53 Å². The van der Waals surface area contributed by atoms with Crippen LogP contribution in [0, 0.1) is 0 Å². The SMILES string of the molecule is O=COCC1=CCCCC1. The number of allylic oxidation sites excluding steroid dienone is 1. The lowest BCUT2D eigenvalue weighted by Crippen LogP contribution is -1.99. The summed E-state index contributed by atoms with van der Waals surface area (Å²) in [5.41, 5.74) is 1.28. The van der Waals surface area contributed by atoms with Crippen molar-refractivity contribution >= 4 is 6.47 Å². The van der Waals surface area contributed by atoms with Gasteiger partial charge in [-0.15, -0.1) is 0 Å². The summed E-state index contributed by atoms with van der Waals surface area (Å²) in [6.45, 7) is 1.01. The van der Waals surface area contributed by atoms with E-state index in [0.29, 0.717) is 13.1 Å². The van der Waals surface area contributed by atoms with Gasteiger partial charge in [-0.25, -0.2) is 0 Å². The van der Waals surface area contributed by atoms with E-state index in [9.17, 15) is 4.79 Å². The molecule has 0 N–H and O–H groups in total. The van der Waals surface area contributed by atoms with Gasteiger partial charge in [-0.2, -0.15) is 0 Å². The average molecular weight is 140 g/mol. The molecule has 0 amide bonds. The molecule has 0 saturated carbocycles. The van der Waals surface area contributed by atoms with Crippen LogP contribution in [-0.4, -0.2) is 13.1 Å². The van der Waals surface area contributed by atoms with E-state index in [1.807, 2.05) is 0 Å². The highest BCUT2D eigenvalue weighted by Gasteiger charge is 2.02. The summed E-state index contributed by atoms with van der Waals surface area (Å²) in [7, 11) is 0. The lowest BCUT2D eigenvalue weighted by Gasteiger charge is -2.10. The summed E-state index contributed by atoms with van der Waals surface area (Å²) in [4.78, 5) is 9.80. The maximum absolute atomic E-state index is 9.80. The lowest BCUT2D eigenvalue weighted by atomic mass is 10.0. The van der Waals surface area contributed by atoms with Gasteiger partial charge in [0, 0.05) is 0 Å². The largest absolute Gasteiger partial charge is 0.463 e. The first-order valence-electron chi connectivity index (χ1n) is 3.66. The average Bonchev–Trinajstić information content (AvgIpc) is 2.03. The molecule has 0 aromatic rings. The Morgan fingerprint density at radius 2 is 2.50 bits per heavy atom. The number of hydrogen-bond donors (Lipinski definition) is 0. The van der Waals surface area contributed by atoms with Gasteiger partial charge < -0.3 is 4.74 Å². The predicted molar refractivity (Wildman–Crippen MR) is 38.6 cm³/mol. The fraction of sp³-hybridized carbons (Fsp3) is 0.625. The van der Waals surface area contributed by atoms with Gasteiger partial charge in [-0.1, -0.05) is 6.08 Å². The van der Waals surface area contributed by atoms with E-state index in [-0.39, 0.29) is 0 Å². The van der Waals surface area contributed by atoms with Crippen LogP contribution in [0.1, 0.15) is 25.7 Å². The summed E-state index contributed by atoms with van der Waals surface area (Å²) in [5.74, 6) is 0. The molecular weight excluding hydrogens is 128 g/mol. The van der Waals surface area contributed by atoms with E-state index in [1.165, 1.54) is 18.4 Å². The number of carbonyl (C=O) groups is 1. The van der Waals surface area contributed by atoms with Crippen molar-refractivity contribution in [2.75, 3.05) is 6.61 Å². The van der Waals surface area contributed by atoms with E-state index in [0.717, 1.165) is 12.8 Å². The molecule has 1 aliphatic rings. The Hall–Kier alpha value is -0.790. The molecule has 56 valence electrons. The first-order valence-corrected chi connectivity index (χ1v) is 3.66. The van der Waals surface area contributed by atoms with Crippen LogP contribution < -0.4 is 0 Å². The molecule has 0 aromatic heterocycles. The zero-order chi connectivity index (χ0) is 7.23. The summed E-state index contributed by atoms with van der Waals surface area (Å²) in [5, 5.41) is 0. The molecule has 0 aliphatic heterocycles. The van der Waals surface area contributed by atoms with Crippen LogP contribution in [0.25, 0.3) is 0 Å². The molecule has 0 unspecified atom stereocenters. The second-order valence-electron chi connectivity index (χ2n) is 2.52. The van der Waals surface area contributed by atoms with Crippen molar-refractivity contribution in [3.05, 3.63) is 11.6 Å². The highest BCUT2D eigenvalue weighted by molar-refractivity contribution is 5.37. The Bertz CT molecular complexity index is 138. The molecule has 0 heterocycles. The minimum absolute atomic E-state index is 0.503. The van der Waals surface area contributed by atoms with Crippen LogP contribution in [0.5, 0.6) is 0 Å². The van der Waals surface area contributed by atoms with Crippen molar-refractivity contribution in [3.8, 4) is 0 Å². The monoisotopic (exact) mass is 140 g/mol. The third kappa shape index (κ3) is 2.21. The molecule has 2 heteroatoms. The quantitative estimate of drug-likeness (QED) is 0.440. The van der Waals surface area contributed by atoms with E-state index in [2.05, 4.69) is 10.8 Å². The van der Waals surface area contributed by atoms with E-state index in [1.54, 1.807) is 0 Å². The van der Waals surface area contributed by atoms with Gasteiger partial charge in [0.25, 0.3) is 6.47 Å². The van der Waals surface area contributed by atoms with Gasteiger partial charge in [0.1, 0.15) is 6.61 Å². The molecule has 0 atom stereocenters. The van der Waals surface area contributed by atoms with Gasteiger partial charge in [-0.05, 0) is 31.3 Å². The third-order valence-corrected chi connectivity index (χ3v) is 1.72. The van der Waals surface area contributed by atoms with Crippen molar-refractivity contribution in [1.82, 2.24) is 0 Å². The molecular formula is C8H12O2. The topological polar surface area (TPSA) is 26.3 Å². The molecule has 10 heavy (non-hydrogen) atoms. The fourth-order valence-electron chi connectivity index (χ4n) is 1.18. The Morgan fingerprint density at radius 3 is 3.10 bits per heavy atom. The smallest absolute Gasteiger partial charge is 0.293 e. The molecule has 0 fully saturated rings. The van der Waals surface area contributed by atoms with Crippen LogP contribution in [0.2, 0.25) is 0 Å². The molecule has 0 bridgehead atoms. The maximum atomic E-state index is 9.80. The molecule has 1 rings (SSSR count). The number of hydrogen-bond acceptors (Lipinski definition) is 2. The summed E-state index contributed by atoms with van der Waals surface area (Å²) in [6.07, 6.45) is 6.96. The van der Waals surface area contributed by atoms with Crippen LogP contribution in [0.4, 0.5) is 0 Å². The molecule has 0 radical (unpaired) electrons. The zero-order valence-corrected chi connectivity index (χ0v) is 6.01. The summed E-state index contributed by atoms with van der Waals surface area (Å²) in [6, 6.07) is 0. The van der Waals surface area contributed by atoms with E-state index in [4.69, 9.17) is 0 Å². The van der Waals surface area contributed by atoms with Crippen LogP contribution >= 0.6 is 0 Å². The molecule has 2 nitrogen and oxygen atoms in total. The maximum Gasteiger partial charge on any atom is 0.293 e. The number of rotatable bonds is 3. The Balaban J connectivity index is 2.24. The van der Waals surface area contributed by atoms with Gasteiger partial charge >= 0.3 is 0 Å². The highest BCUT2D eigenvalue weighted by Crippen LogP contribution is 2.16. The third-order valence-electron chi connectivity index (χ3n) is 1.72. The molecule has 1 aliphatic carbocycles. The van der Waals surface area contributed by atoms with Gasteiger partial charge in [-0.3, -0.25) is 4.79 Å². The normalized spacial score (nSPS) is 17.8. The van der Waals surface area contributed by atoms with Crippen LogP contribution in [0.15, 0.2) is 11.6 Å². The van der Waals surface area contributed by atoms with Gasteiger partial charge in [0.15, 0.2) is 0 Å². The second-order valence-corrected chi connectivity index (χ2v) is 2.52. The lowest BCUT2D eigenvalue weighted by molar-refractivity contribution is -0.127. The Morgan fingerprint density at radius 1 is 1.60 bits per heavy atom. The first-order chi connectivity index (χ1) is 4.93. The number of ether oxygens (including phenoxy) is 1. The van der Waals surface area contributed by atoms with Crippen molar-refractivity contribution in [2.24, 2.45) is 0 Å². The van der Waals surface area contributed by atoms with Crippen molar-refractivity contribution in [3.63, 3.8) is 0 Å². The summed E-state index contributed by atoms with van der Waals surface area (Å²) < 4.78 is 4.62. The van der Waals surface area contributed by atoms with Crippen molar-refractivity contribution in [2.45, 2.75) is 25.7 Å². The van der Waals surface area contributed by atoms with E-state index < -0.39 is 0 Å². The van der Waals surface area contributed by atoms with E-state index >= 15 is 0 Å². The number of carbonyl (C=O) groups excluding carboxylic acids is 1. The zero-order valence-electron chi connectivity index (χ0n) is 6.01.